The molecule has 1 aromatic carbocycles. The highest BCUT2D eigenvalue weighted by molar-refractivity contribution is 6.13. The van der Waals surface area contributed by atoms with E-state index in [0.717, 1.165) is 11.1 Å². The number of nitrogens with zero attached hydrogens (tertiary/aromatic N) is 6. The van der Waals surface area contributed by atoms with Crippen LogP contribution in [0.1, 0.15) is 42.7 Å². The Labute approximate surface area is 214 Å². The number of amides is 2. The molecule has 0 aliphatic carbocycles. The van der Waals surface area contributed by atoms with Crippen molar-refractivity contribution in [3.63, 3.8) is 0 Å². The van der Waals surface area contributed by atoms with Gasteiger partial charge >= 0.3 is 6.09 Å². The van der Waals surface area contributed by atoms with Gasteiger partial charge in [0.15, 0.2) is 11.5 Å². The van der Waals surface area contributed by atoms with Crippen LogP contribution in [0.4, 0.5) is 16.3 Å². The molecule has 1 aliphatic heterocycles. The zero-order valence-electron chi connectivity index (χ0n) is 22.0. The van der Waals surface area contributed by atoms with Gasteiger partial charge in [0.2, 0.25) is 0 Å². The number of pyridine rings is 1. The third-order valence-electron chi connectivity index (χ3n) is 6.18. The number of aryl methyl sites for hydroxylation is 3. The number of carbonyl (C=O) groups excluding carboxylic acids is 2. The maximum atomic E-state index is 13.3. The van der Waals surface area contributed by atoms with Crippen molar-refractivity contribution >= 4 is 45.5 Å². The normalized spacial score (nSPS) is 14.4. The number of ether oxygens (including phenoxy) is 1. The highest BCUT2D eigenvalue weighted by atomic mass is 16.6. The summed E-state index contributed by atoms with van der Waals surface area (Å²) in [5.41, 5.74) is 3.41. The lowest BCUT2D eigenvalue weighted by molar-refractivity contribution is 0.0240. The number of hydrogen-bond acceptors (Lipinski definition) is 8. The second kappa shape index (κ2) is 9.06. The number of aromatic nitrogens is 4. The Morgan fingerprint density at radius 3 is 2.49 bits per heavy atom. The second-order valence-corrected chi connectivity index (χ2v) is 10.3. The number of nitrogens with one attached hydrogen (secondary N) is 1. The Kier molecular flexibility index (Phi) is 6.01. The first-order valence-corrected chi connectivity index (χ1v) is 12.2. The molecule has 194 valence electrons. The molecule has 0 radical (unpaired) electrons. The maximum absolute atomic E-state index is 13.3. The van der Waals surface area contributed by atoms with Gasteiger partial charge in [0.25, 0.3) is 5.91 Å². The molecule has 3 aromatic heterocycles. The van der Waals surface area contributed by atoms with Crippen molar-refractivity contribution in [2.24, 2.45) is 7.05 Å². The summed E-state index contributed by atoms with van der Waals surface area (Å²) in [6.07, 6.45) is 1.61. The van der Waals surface area contributed by atoms with Gasteiger partial charge in [-0.05, 0) is 39.8 Å². The minimum absolute atomic E-state index is 0.298. The van der Waals surface area contributed by atoms with Crippen molar-refractivity contribution in [2.45, 2.75) is 40.2 Å². The third-order valence-corrected chi connectivity index (χ3v) is 6.18. The lowest BCUT2D eigenvalue weighted by Gasteiger charge is -2.37. The summed E-state index contributed by atoms with van der Waals surface area (Å²) in [4.78, 5) is 38.5. The molecule has 5 rings (SSSR count). The fourth-order valence-electron chi connectivity index (χ4n) is 4.56. The van der Waals surface area contributed by atoms with Gasteiger partial charge < -0.3 is 24.3 Å². The molecule has 4 aromatic rings. The molecule has 2 amide bonds. The zero-order chi connectivity index (χ0) is 26.5. The minimum atomic E-state index is -0.528. The summed E-state index contributed by atoms with van der Waals surface area (Å²) in [6, 6.07) is 5.39. The van der Waals surface area contributed by atoms with Gasteiger partial charge in [0.05, 0.1) is 11.3 Å². The first-order chi connectivity index (χ1) is 17.5. The van der Waals surface area contributed by atoms with Crippen LogP contribution >= 0.6 is 0 Å². The first-order valence-electron chi connectivity index (χ1n) is 12.2. The molecule has 1 N–H and O–H groups in total. The van der Waals surface area contributed by atoms with Crippen LogP contribution < -0.4 is 10.2 Å². The second-order valence-electron chi connectivity index (χ2n) is 10.3. The third kappa shape index (κ3) is 4.93. The Bertz CT molecular complexity index is 1510. The SMILES string of the molecule is Cc1nc2c(C)nc(NC(=O)c3ccc(N4CCN(C(=O)OC(C)(C)C)CC4)c4cn(C)nc34)cc2o1. The fourth-order valence-corrected chi connectivity index (χ4v) is 4.56. The number of hydrogen-bond donors (Lipinski definition) is 1. The van der Waals surface area contributed by atoms with E-state index in [1.807, 2.05) is 47.0 Å². The number of carbonyl (C=O) groups is 2. The Morgan fingerprint density at radius 2 is 1.78 bits per heavy atom. The van der Waals surface area contributed by atoms with Crippen LogP contribution in [0.2, 0.25) is 0 Å². The number of anilines is 2. The molecule has 1 aliphatic rings. The molecule has 0 atom stereocenters. The summed E-state index contributed by atoms with van der Waals surface area (Å²) in [5, 5.41) is 8.33. The van der Waals surface area contributed by atoms with Crippen molar-refractivity contribution in [3.05, 3.63) is 41.5 Å². The molecule has 4 heterocycles. The van der Waals surface area contributed by atoms with Crippen LogP contribution in [0.15, 0.2) is 28.8 Å². The predicted molar refractivity (Wildman–Crippen MR) is 140 cm³/mol. The fraction of sp³-hybridized carbons (Fsp3) is 0.423. The van der Waals surface area contributed by atoms with Gasteiger partial charge in [-0.2, -0.15) is 5.10 Å². The van der Waals surface area contributed by atoms with E-state index in [1.54, 1.807) is 28.6 Å². The first kappa shape index (κ1) is 24.5. The molecule has 0 saturated carbocycles. The Hall–Kier alpha value is -4.15. The Morgan fingerprint density at radius 1 is 1.05 bits per heavy atom. The van der Waals surface area contributed by atoms with Crippen LogP contribution in [0.25, 0.3) is 22.0 Å². The highest BCUT2D eigenvalue weighted by Gasteiger charge is 2.27. The van der Waals surface area contributed by atoms with E-state index >= 15 is 0 Å². The molecule has 0 bridgehead atoms. The number of piperazine rings is 1. The summed E-state index contributed by atoms with van der Waals surface area (Å²) in [7, 11) is 1.83. The van der Waals surface area contributed by atoms with Gasteiger partial charge in [-0.3, -0.25) is 9.48 Å². The summed E-state index contributed by atoms with van der Waals surface area (Å²) < 4.78 is 12.8. The lowest BCUT2D eigenvalue weighted by atomic mass is 10.1. The van der Waals surface area contributed by atoms with Crippen molar-refractivity contribution in [1.82, 2.24) is 24.6 Å². The van der Waals surface area contributed by atoms with Crippen LogP contribution in [-0.2, 0) is 11.8 Å². The van der Waals surface area contributed by atoms with E-state index in [0.29, 0.717) is 65.8 Å². The summed E-state index contributed by atoms with van der Waals surface area (Å²) in [5.74, 6) is 0.617. The van der Waals surface area contributed by atoms with Crippen LogP contribution in [0, 0.1) is 13.8 Å². The van der Waals surface area contributed by atoms with Crippen molar-refractivity contribution in [1.29, 1.82) is 0 Å². The summed E-state index contributed by atoms with van der Waals surface area (Å²) >= 11 is 0. The monoisotopic (exact) mass is 505 g/mol. The number of rotatable bonds is 3. The van der Waals surface area contributed by atoms with Crippen molar-refractivity contribution in [2.75, 3.05) is 36.4 Å². The minimum Gasteiger partial charge on any atom is -0.444 e. The van der Waals surface area contributed by atoms with Gasteiger partial charge in [0.1, 0.15) is 22.5 Å². The topological polar surface area (TPSA) is 119 Å². The average Bonchev–Trinajstić information content (AvgIpc) is 3.39. The van der Waals surface area contributed by atoms with Gasteiger partial charge in [-0.1, -0.05) is 0 Å². The quantitative estimate of drug-likeness (QED) is 0.443. The standard InChI is InChI=1S/C26H31N7O4/c1-15-22-20(36-16(2)28-22)13-21(27-15)29-24(34)17-7-8-19(18-14-31(6)30-23(17)18)32-9-11-33(12-10-32)25(35)37-26(3,4)5/h7-8,13-14H,9-12H2,1-6H3,(H,27,29,34). The summed E-state index contributed by atoms with van der Waals surface area (Å²) in [6.45, 7) is 11.6. The average molecular weight is 506 g/mol. The van der Waals surface area contributed by atoms with Gasteiger partial charge in [0, 0.05) is 63.5 Å². The molecule has 1 saturated heterocycles. The molecule has 37 heavy (non-hydrogen) atoms. The van der Waals surface area contributed by atoms with Crippen LogP contribution in [0.3, 0.4) is 0 Å². The maximum Gasteiger partial charge on any atom is 0.410 e. The predicted octanol–water partition coefficient (Wildman–Crippen LogP) is 4.04. The number of fused-ring (bicyclic) bond motifs is 2. The molecule has 0 unspecified atom stereocenters. The molecule has 11 nitrogen and oxygen atoms in total. The van der Waals surface area contributed by atoms with E-state index in [-0.39, 0.29) is 12.0 Å². The van der Waals surface area contributed by atoms with Crippen molar-refractivity contribution in [3.8, 4) is 0 Å². The molecule has 1 fully saturated rings. The van der Waals surface area contributed by atoms with Gasteiger partial charge in [-0.25, -0.2) is 14.8 Å². The van der Waals surface area contributed by atoms with E-state index in [2.05, 4.69) is 25.3 Å². The smallest absolute Gasteiger partial charge is 0.410 e. The molecule has 0 spiro atoms. The molecular formula is C26H31N7O4. The highest BCUT2D eigenvalue weighted by Crippen LogP contribution is 2.30. The number of oxazole rings is 1. The lowest BCUT2D eigenvalue weighted by Crippen LogP contribution is -2.50. The Balaban J connectivity index is 1.37. The number of benzene rings is 1. The van der Waals surface area contributed by atoms with Gasteiger partial charge in [-0.15, -0.1) is 0 Å². The van der Waals surface area contributed by atoms with E-state index in [1.165, 1.54) is 0 Å². The van der Waals surface area contributed by atoms with E-state index < -0.39 is 5.60 Å². The van der Waals surface area contributed by atoms with E-state index in [9.17, 15) is 9.59 Å². The van der Waals surface area contributed by atoms with Crippen LogP contribution in [0.5, 0.6) is 0 Å². The largest absolute Gasteiger partial charge is 0.444 e. The van der Waals surface area contributed by atoms with Crippen molar-refractivity contribution < 1.29 is 18.7 Å². The van der Waals surface area contributed by atoms with E-state index in [4.69, 9.17) is 9.15 Å². The molecule has 11 heteroatoms. The zero-order valence-corrected chi connectivity index (χ0v) is 22.0. The van der Waals surface area contributed by atoms with Crippen LogP contribution in [-0.4, -0.2) is 68.4 Å². The molecular weight excluding hydrogens is 474 g/mol.